The Morgan fingerprint density at radius 1 is 0.944 bits per heavy atom. The van der Waals surface area contributed by atoms with E-state index in [9.17, 15) is 0 Å². The quantitative estimate of drug-likeness (QED) is 0.388. The predicted molar refractivity (Wildman–Crippen MR) is 149 cm³/mol. The number of fused-ring (bicyclic) bond motifs is 1. The molecule has 0 radical (unpaired) electrons. The maximum absolute atomic E-state index is 6.17. The number of rotatable bonds is 6. The second kappa shape index (κ2) is 10.1. The number of piperazine rings is 1. The molecule has 5 rings (SSSR count). The number of anilines is 5. The highest BCUT2D eigenvalue weighted by Gasteiger charge is 2.21. The van der Waals surface area contributed by atoms with Crippen LogP contribution >= 0.6 is 11.6 Å². The molecule has 2 aromatic carbocycles. The van der Waals surface area contributed by atoms with Gasteiger partial charge < -0.3 is 24.8 Å². The largest absolute Gasteiger partial charge is 0.497 e. The maximum atomic E-state index is 6.17. The molecule has 1 aliphatic heterocycles. The van der Waals surface area contributed by atoms with Crippen molar-refractivity contribution < 1.29 is 4.74 Å². The van der Waals surface area contributed by atoms with E-state index in [1.807, 2.05) is 62.4 Å². The van der Waals surface area contributed by atoms with Crippen LogP contribution in [0.1, 0.15) is 5.69 Å². The standard InChI is InChI=1S/C27H30ClN7O/c1-18-13-26(32-27(30-18)31-20-15-21(33(2)3)17-22(16-20)36-4)35-11-9-34(10-12-35)25-7-8-29-24-14-19(28)5-6-23(24)25/h5-8,13-17H,9-12H2,1-4H3,(H,30,31,32). The molecular weight excluding hydrogens is 474 g/mol. The van der Waals surface area contributed by atoms with Crippen LogP contribution in [0.25, 0.3) is 10.9 Å². The van der Waals surface area contributed by atoms with Crippen LogP contribution in [0, 0.1) is 6.92 Å². The lowest BCUT2D eigenvalue weighted by Gasteiger charge is -2.37. The van der Waals surface area contributed by atoms with Crippen molar-refractivity contribution in [3.63, 3.8) is 0 Å². The SMILES string of the molecule is COc1cc(Nc2nc(C)cc(N3CCN(c4ccnc5cc(Cl)ccc45)CC3)n2)cc(N(C)C)c1. The van der Waals surface area contributed by atoms with E-state index >= 15 is 0 Å². The normalized spacial score (nSPS) is 13.7. The third kappa shape index (κ3) is 5.09. The van der Waals surface area contributed by atoms with Crippen LogP contribution in [-0.4, -0.2) is 62.3 Å². The number of methoxy groups -OCH3 is 1. The number of aromatic nitrogens is 3. The first kappa shape index (κ1) is 23.9. The number of ether oxygens (including phenoxy) is 1. The molecule has 0 aliphatic carbocycles. The zero-order chi connectivity index (χ0) is 25.2. The van der Waals surface area contributed by atoms with Crippen molar-refractivity contribution in [2.75, 3.05) is 67.4 Å². The second-order valence-corrected chi connectivity index (χ2v) is 9.53. The highest BCUT2D eigenvalue weighted by molar-refractivity contribution is 6.31. The molecule has 186 valence electrons. The minimum atomic E-state index is 0.572. The lowest BCUT2D eigenvalue weighted by Crippen LogP contribution is -2.47. The number of hydrogen-bond donors (Lipinski definition) is 1. The Kier molecular flexibility index (Phi) is 6.69. The summed E-state index contributed by atoms with van der Waals surface area (Å²) >= 11 is 6.17. The molecule has 2 aromatic heterocycles. The first-order valence-corrected chi connectivity index (χ1v) is 12.3. The van der Waals surface area contributed by atoms with Crippen molar-refractivity contribution in [3.8, 4) is 5.75 Å². The predicted octanol–water partition coefficient (Wildman–Crippen LogP) is 5.13. The Bertz CT molecular complexity index is 1390. The molecule has 0 spiro atoms. The third-order valence-corrected chi connectivity index (χ3v) is 6.60. The van der Waals surface area contributed by atoms with Crippen molar-refractivity contribution in [2.24, 2.45) is 0 Å². The minimum Gasteiger partial charge on any atom is -0.497 e. The van der Waals surface area contributed by atoms with Crippen LogP contribution in [0.3, 0.4) is 0 Å². The van der Waals surface area contributed by atoms with E-state index in [0.29, 0.717) is 11.0 Å². The first-order valence-electron chi connectivity index (χ1n) is 11.9. The van der Waals surface area contributed by atoms with Gasteiger partial charge in [0.2, 0.25) is 5.95 Å². The van der Waals surface area contributed by atoms with Gasteiger partial charge in [0.15, 0.2) is 0 Å². The molecule has 0 unspecified atom stereocenters. The molecule has 8 nitrogen and oxygen atoms in total. The van der Waals surface area contributed by atoms with E-state index in [1.165, 1.54) is 5.69 Å². The van der Waals surface area contributed by atoms with Gasteiger partial charge in [0.25, 0.3) is 0 Å². The van der Waals surface area contributed by atoms with Gasteiger partial charge in [0.05, 0.1) is 12.6 Å². The van der Waals surface area contributed by atoms with Crippen molar-refractivity contribution in [3.05, 3.63) is 65.4 Å². The number of benzene rings is 2. The van der Waals surface area contributed by atoms with E-state index in [2.05, 4.69) is 43.3 Å². The van der Waals surface area contributed by atoms with Gasteiger partial charge in [-0.15, -0.1) is 0 Å². The lowest BCUT2D eigenvalue weighted by molar-refractivity contribution is 0.415. The smallest absolute Gasteiger partial charge is 0.229 e. The summed E-state index contributed by atoms with van der Waals surface area (Å²) in [6.07, 6.45) is 1.85. The van der Waals surface area contributed by atoms with E-state index < -0.39 is 0 Å². The van der Waals surface area contributed by atoms with Crippen LogP contribution in [-0.2, 0) is 0 Å². The molecule has 1 fully saturated rings. The minimum absolute atomic E-state index is 0.572. The first-order chi connectivity index (χ1) is 17.4. The Labute approximate surface area is 216 Å². The van der Waals surface area contributed by atoms with Crippen LogP contribution in [0.5, 0.6) is 5.75 Å². The third-order valence-electron chi connectivity index (χ3n) is 6.37. The fourth-order valence-electron chi connectivity index (χ4n) is 4.49. The molecule has 4 aromatic rings. The highest BCUT2D eigenvalue weighted by atomic mass is 35.5. The molecule has 1 N–H and O–H groups in total. The Balaban J connectivity index is 1.33. The average molecular weight is 504 g/mol. The molecule has 3 heterocycles. The van der Waals surface area contributed by atoms with Crippen LogP contribution in [0.15, 0.2) is 54.7 Å². The topological polar surface area (TPSA) is 69.6 Å². The van der Waals surface area contributed by atoms with Gasteiger partial charge in [-0.05, 0) is 37.3 Å². The summed E-state index contributed by atoms with van der Waals surface area (Å²) in [4.78, 5) is 20.7. The fraction of sp³-hybridized carbons (Fsp3) is 0.296. The summed E-state index contributed by atoms with van der Waals surface area (Å²) in [5.74, 6) is 2.27. The van der Waals surface area contributed by atoms with Gasteiger partial charge in [0, 0.05) is 97.8 Å². The average Bonchev–Trinajstić information content (AvgIpc) is 2.87. The summed E-state index contributed by atoms with van der Waals surface area (Å²) in [6, 6.07) is 16.0. The molecule has 9 heteroatoms. The Hall–Kier alpha value is -3.78. The molecule has 0 saturated carbocycles. The summed E-state index contributed by atoms with van der Waals surface area (Å²) in [7, 11) is 5.68. The van der Waals surface area contributed by atoms with Crippen LogP contribution in [0.4, 0.5) is 28.8 Å². The van der Waals surface area contributed by atoms with Crippen molar-refractivity contribution >= 4 is 51.3 Å². The fourth-order valence-corrected chi connectivity index (χ4v) is 4.66. The molecule has 0 atom stereocenters. The summed E-state index contributed by atoms with van der Waals surface area (Å²) in [5, 5.41) is 5.19. The number of hydrogen-bond acceptors (Lipinski definition) is 8. The molecule has 36 heavy (non-hydrogen) atoms. The molecule has 0 bridgehead atoms. The molecule has 1 saturated heterocycles. The van der Waals surface area contributed by atoms with Crippen LogP contribution < -0.4 is 24.8 Å². The van der Waals surface area contributed by atoms with Gasteiger partial charge >= 0.3 is 0 Å². The molecule has 1 aliphatic rings. The maximum Gasteiger partial charge on any atom is 0.229 e. The van der Waals surface area contributed by atoms with Crippen molar-refractivity contribution in [1.29, 1.82) is 0 Å². The number of nitrogens with one attached hydrogen (secondary N) is 1. The Morgan fingerprint density at radius 2 is 1.72 bits per heavy atom. The van der Waals surface area contributed by atoms with Gasteiger partial charge in [-0.1, -0.05) is 11.6 Å². The van der Waals surface area contributed by atoms with Crippen molar-refractivity contribution in [2.45, 2.75) is 6.92 Å². The van der Waals surface area contributed by atoms with E-state index in [1.54, 1.807) is 7.11 Å². The Morgan fingerprint density at radius 3 is 2.47 bits per heavy atom. The number of nitrogens with zero attached hydrogens (tertiary/aromatic N) is 6. The van der Waals surface area contributed by atoms with Gasteiger partial charge in [0.1, 0.15) is 11.6 Å². The zero-order valence-corrected chi connectivity index (χ0v) is 21.8. The monoisotopic (exact) mass is 503 g/mol. The van der Waals surface area contributed by atoms with E-state index in [0.717, 1.165) is 65.7 Å². The van der Waals surface area contributed by atoms with Gasteiger partial charge in [-0.2, -0.15) is 4.98 Å². The van der Waals surface area contributed by atoms with Gasteiger partial charge in [-0.25, -0.2) is 4.98 Å². The number of halogens is 1. The van der Waals surface area contributed by atoms with Crippen LogP contribution in [0.2, 0.25) is 5.02 Å². The molecule has 0 amide bonds. The van der Waals surface area contributed by atoms with E-state index in [-0.39, 0.29) is 0 Å². The number of aryl methyl sites for hydroxylation is 1. The van der Waals surface area contributed by atoms with Gasteiger partial charge in [-0.3, -0.25) is 4.98 Å². The molecular formula is C27H30ClN7O. The number of pyridine rings is 1. The summed E-state index contributed by atoms with van der Waals surface area (Å²) in [5.41, 5.74) is 4.93. The highest BCUT2D eigenvalue weighted by Crippen LogP contribution is 2.30. The second-order valence-electron chi connectivity index (χ2n) is 9.10. The summed E-state index contributed by atoms with van der Waals surface area (Å²) < 4.78 is 5.47. The summed E-state index contributed by atoms with van der Waals surface area (Å²) in [6.45, 7) is 5.48. The zero-order valence-electron chi connectivity index (χ0n) is 21.0. The lowest BCUT2D eigenvalue weighted by atomic mass is 10.1. The van der Waals surface area contributed by atoms with Crippen molar-refractivity contribution in [1.82, 2.24) is 15.0 Å². The van der Waals surface area contributed by atoms with E-state index in [4.69, 9.17) is 21.3 Å².